The summed E-state index contributed by atoms with van der Waals surface area (Å²) in [6.45, 7) is 6.92. The van der Waals surface area contributed by atoms with Gasteiger partial charge in [0.25, 0.3) is 0 Å². The van der Waals surface area contributed by atoms with E-state index in [-0.39, 0.29) is 5.76 Å². The van der Waals surface area contributed by atoms with Crippen molar-refractivity contribution in [3.8, 4) is 28.9 Å². The average molecular weight is 260 g/mol. The quantitative estimate of drug-likeness (QED) is 0.631. The molecule has 4 heteroatoms. The van der Waals surface area contributed by atoms with E-state index in [0.717, 1.165) is 5.56 Å². The molecule has 2 heterocycles. The number of nitriles is 1. The second kappa shape index (κ2) is 4.79. The minimum absolute atomic E-state index is 0.249. The van der Waals surface area contributed by atoms with Crippen molar-refractivity contribution in [2.45, 2.75) is 0 Å². The maximum atomic E-state index is 8.73. The molecule has 0 bridgehead atoms. The Morgan fingerprint density at radius 2 is 1.50 bits per heavy atom. The maximum Gasteiger partial charge on any atom is 0.204 e. The van der Waals surface area contributed by atoms with Crippen molar-refractivity contribution in [3.05, 3.63) is 65.7 Å². The van der Waals surface area contributed by atoms with Gasteiger partial charge in [-0.15, -0.1) is 0 Å². The van der Waals surface area contributed by atoms with Gasteiger partial charge in [-0.25, -0.2) is 4.85 Å². The van der Waals surface area contributed by atoms with Crippen LogP contribution in [-0.2, 0) is 0 Å². The van der Waals surface area contributed by atoms with Gasteiger partial charge in [-0.05, 0) is 24.3 Å². The SMILES string of the molecule is [C-]#[N+]c1ccc(-c2ccc(-c3ccc(C#N)o3)o2)cc1. The van der Waals surface area contributed by atoms with E-state index in [0.29, 0.717) is 23.0 Å². The smallest absolute Gasteiger partial charge is 0.204 e. The van der Waals surface area contributed by atoms with Crippen LogP contribution in [-0.4, -0.2) is 0 Å². The molecule has 94 valence electrons. The third kappa shape index (κ3) is 2.07. The minimum Gasteiger partial charge on any atom is -0.453 e. The van der Waals surface area contributed by atoms with Gasteiger partial charge in [-0.1, -0.05) is 24.3 Å². The Morgan fingerprint density at radius 3 is 2.15 bits per heavy atom. The fraction of sp³-hybridized carbons (Fsp3) is 0. The lowest BCUT2D eigenvalue weighted by atomic mass is 10.1. The zero-order chi connectivity index (χ0) is 13.9. The third-order valence-electron chi connectivity index (χ3n) is 2.85. The Balaban J connectivity index is 1.93. The van der Waals surface area contributed by atoms with Crippen LogP contribution in [0.15, 0.2) is 57.4 Å². The van der Waals surface area contributed by atoms with Crippen LogP contribution in [0.4, 0.5) is 5.69 Å². The van der Waals surface area contributed by atoms with Gasteiger partial charge in [0.2, 0.25) is 5.76 Å². The number of nitrogens with zero attached hydrogens (tertiary/aromatic N) is 2. The normalized spacial score (nSPS) is 9.90. The van der Waals surface area contributed by atoms with Gasteiger partial charge in [0.1, 0.15) is 11.8 Å². The van der Waals surface area contributed by atoms with Crippen LogP contribution in [0.25, 0.3) is 27.7 Å². The fourth-order valence-electron chi connectivity index (χ4n) is 1.86. The molecule has 0 radical (unpaired) electrons. The lowest BCUT2D eigenvalue weighted by Crippen LogP contribution is -1.71. The van der Waals surface area contributed by atoms with E-state index >= 15 is 0 Å². The molecule has 3 rings (SSSR count). The number of benzene rings is 1. The van der Waals surface area contributed by atoms with E-state index in [4.69, 9.17) is 20.7 Å². The standard InChI is InChI=1S/C16H8N2O2/c1-18-12-4-2-11(3-5-12)14-8-9-16(20-14)15-7-6-13(10-17)19-15/h2-9H. The van der Waals surface area contributed by atoms with Crippen LogP contribution in [0.1, 0.15) is 5.76 Å². The van der Waals surface area contributed by atoms with Crippen molar-refractivity contribution < 1.29 is 8.83 Å². The molecule has 0 amide bonds. The van der Waals surface area contributed by atoms with Crippen LogP contribution < -0.4 is 0 Å². The van der Waals surface area contributed by atoms with Gasteiger partial charge in [0.15, 0.2) is 17.2 Å². The van der Waals surface area contributed by atoms with E-state index in [1.54, 1.807) is 30.3 Å². The first-order valence-corrected chi connectivity index (χ1v) is 5.88. The molecule has 2 aromatic heterocycles. The highest BCUT2D eigenvalue weighted by atomic mass is 16.4. The summed E-state index contributed by atoms with van der Waals surface area (Å²) in [7, 11) is 0. The van der Waals surface area contributed by atoms with Crippen molar-refractivity contribution in [2.24, 2.45) is 0 Å². The molecule has 1 aromatic carbocycles. The topological polar surface area (TPSA) is 54.4 Å². The van der Waals surface area contributed by atoms with Crippen LogP contribution in [0.5, 0.6) is 0 Å². The first-order chi connectivity index (χ1) is 9.80. The highest BCUT2D eigenvalue weighted by molar-refractivity contribution is 5.65. The number of rotatable bonds is 2. The second-order valence-electron chi connectivity index (χ2n) is 4.10. The largest absolute Gasteiger partial charge is 0.453 e. The Labute approximate surface area is 115 Å². The third-order valence-corrected chi connectivity index (χ3v) is 2.85. The van der Waals surface area contributed by atoms with E-state index in [2.05, 4.69) is 4.85 Å². The summed E-state index contributed by atoms with van der Waals surface area (Å²) in [5.41, 5.74) is 1.47. The number of hydrogen-bond donors (Lipinski definition) is 0. The summed E-state index contributed by atoms with van der Waals surface area (Å²) in [6.07, 6.45) is 0. The van der Waals surface area contributed by atoms with E-state index < -0.39 is 0 Å². The zero-order valence-electron chi connectivity index (χ0n) is 10.3. The van der Waals surface area contributed by atoms with Gasteiger partial charge in [-0.2, -0.15) is 5.26 Å². The van der Waals surface area contributed by atoms with Crippen molar-refractivity contribution in [2.75, 3.05) is 0 Å². The number of hydrogen-bond acceptors (Lipinski definition) is 3. The summed E-state index contributed by atoms with van der Waals surface area (Å²) in [6, 6.07) is 16.0. The Kier molecular flexibility index (Phi) is 2.84. The molecule has 4 nitrogen and oxygen atoms in total. The second-order valence-corrected chi connectivity index (χ2v) is 4.10. The van der Waals surface area contributed by atoms with Crippen molar-refractivity contribution in [1.29, 1.82) is 5.26 Å². The first-order valence-electron chi connectivity index (χ1n) is 5.88. The summed E-state index contributed by atoms with van der Waals surface area (Å²) < 4.78 is 11.0. The predicted molar refractivity (Wildman–Crippen MR) is 72.8 cm³/mol. The molecule has 0 aliphatic heterocycles. The zero-order valence-corrected chi connectivity index (χ0v) is 10.3. The van der Waals surface area contributed by atoms with Crippen LogP contribution in [0.2, 0.25) is 0 Å². The molecule has 0 atom stereocenters. The molecule has 0 aliphatic carbocycles. The van der Waals surface area contributed by atoms with E-state index in [1.807, 2.05) is 24.3 Å². The van der Waals surface area contributed by atoms with Crippen LogP contribution in [0.3, 0.4) is 0 Å². The van der Waals surface area contributed by atoms with Gasteiger partial charge >= 0.3 is 0 Å². The molecule has 0 spiro atoms. The van der Waals surface area contributed by atoms with Gasteiger partial charge in [0.05, 0.1) is 6.57 Å². The van der Waals surface area contributed by atoms with Gasteiger partial charge in [0, 0.05) is 5.56 Å². The van der Waals surface area contributed by atoms with Crippen LogP contribution in [0, 0.1) is 17.9 Å². The first kappa shape index (κ1) is 11.8. The van der Waals surface area contributed by atoms with E-state index in [9.17, 15) is 0 Å². The molecule has 20 heavy (non-hydrogen) atoms. The fourth-order valence-corrected chi connectivity index (χ4v) is 1.86. The molecule has 0 N–H and O–H groups in total. The Morgan fingerprint density at radius 1 is 0.850 bits per heavy atom. The number of furan rings is 2. The molecule has 0 fully saturated rings. The Hall–Kier alpha value is -3.24. The Bertz CT molecular complexity index is 826. The predicted octanol–water partition coefficient (Wildman–Crippen LogP) is 4.63. The average Bonchev–Trinajstić information content (AvgIpc) is 3.16. The summed E-state index contributed by atoms with van der Waals surface area (Å²) in [4.78, 5) is 3.34. The lowest BCUT2D eigenvalue weighted by Gasteiger charge is -1.97. The van der Waals surface area contributed by atoms with Crippen LogP contribution >= 0.6 is 0 Å². The highest BCUT2D eigenvalue weighted by Gasteiger charge is 2.10. The molecule has 0 saturated heterocycles. The monoisotopic (exact) mass is 260 g/mol. The van der Waals surface area contributed by atoms with Gasteiger partial charge in [-0.3, -0.25) is 0 Å². The van der Waals surface area contributed by atoms with Crippen molar-refractivity contribution in [3.63, 3.8) is 0 Å². The molecule has 0 saturated carbocycles. The van der Waals surface area contributed by atoms with E-state index in [1.165, 1.54) is 0 Å². The maximum absolute atomic E-state index is 8.73. The molecule has 0 unspecified atom stereocenters. The summed E-state index contributed by atoms with van der Waals surface area (Å²) >= 11 is 0. The summed E-state index contributed by atoms with van der Waals surface area (Å²) in [5, 5.41) is 8.73. The molecular weight excluding hydrogens is 252 g/mol. The highest BCUT2D eigenvalue weighted by Crippen LogP contribution is 2.30. The molecule has 0 aliphatic rings. The summed E-state index contributed by atoms with van der Waals surface area (Å²) in [5.74, 6) is 2.02. The lowest BCUT2D eigenvalue weighted by molar-refractivity contribution is 0.523. The van der Waals surface area contributed by atoms with Gasteiger partial charge < -0.3 is 8.83 Å². The molecule has 3 aromatic rings. The molecular formula is C16H8N2O2. The van der Waals surface area contributed by atoms with Crippen molar-refractivity contribution in [1.82, 2.24) is 0 Å². The minimum atomic E-state index is 0.249. The van der Waals surface area contributed by atoms with Crippen molar-refractivity contribution >= 4 is 5.69 Å².